The summed E-state index contributed by atoms with van der Waals surface area (Å²) < 4.78 is 62.9. The maximum Gasteiger partial charge on any atom is 0.474 e. The number of phosphoric ester groups is 1. The van der Waals surface area contributed by atoms with Crippen molar-refractivity contribution >= 4 is 37.6 Å². The summed E-state index contributed by atoms with van der Waals surface area (Å²) in [6.07, 6.45) is -17.9. The van der Waals surface area contributed by atoms with Crippen molar-refractivity contribution < 1.29 is 106 Å². The van der Waals surface area contributed by atoms with Crippen LogP contribution in [0.1, 0.15) is 67.2 Å². The Balaban J connectivity index is 1.89. The largest absolute Gasteiger partial charge is 0.479 e. The van der Waals surface area contributed by atoms with E-state index in [9.17, 15) is 64.1 Å². The first-order valence-corrected chi connectivity index (χ1v) is 23.3. The van der Waals surface area contributed by atoms with Crippen LogP contribution in [0.25, 0.3) is 0 Å². The third kappa shape index (κ3) is 18.0. The summed E-state index contributed by atoms with van der Waals surface area (Å²) in [5, 5.41) is 68.4. The minimum absolute atomic E-state index is 0.245. The maximum absolute atomic E-state index is 13.5. The molecule has 0 saturated carbocycles. The van der Waals surface area contributed by atoms with E-state index in [4.69, 9.17) is 59.4 Å². The molecule has 3 rings (SSSR count). The molecule has 4 amide bonds. The van der Waals surface area contributed by atoms with Crippen molar-refractivity contribution in [2.24, 2.45) is 17.2 Å². The van der Waals surface area contributed by atoms with E-state index in [0.717, 1.165) is 38.7 Å². The van der Waals surface area contributed by atoms with Gasteiger partial charge in [-0.3, -0.25) is 23.4 Å². The Labute approximate surface area is 397 Å². The third-order valence-electron chi connectivity index (χ3n) is 11.0. The van der Waals surface area contributed by atoms with Gasteiger partial charge in [0.25, 0.3) is 0 Å². The van der Waals surface area contributed by atoms with Crippen molar-refractivity contribution in [1.82, 2.24) is 10.6 Å². The number of carboxylic acids is 1. The van der Waals surface area contributed by atoms with Crippen LogP contribution in [-0.4, -0.2) is 190 Å². The molecule has 0 aromatic rings. The van der Waals surface area contributed by atoms with E-state index in [0.29, 0.717) is 6.42 Å². The maximum atomic E-state index is 13.5. The highest BCUT2D eigenvalue weighted by atomic mass is 31.2. The summed E-state index contributed by atoms with van der Waals surface area (Å²) in [5.41, 5.74) is 20.1. The van der Waals surface area contributed by atoms with Gasteiger partial charge in [0, 0.05) is 13.8 Å². The Kier molecular flexibility index (Phi) is 23.7. The second-order valence-electron chi connectivity index (χ2n) is 16.9. The molecule has 3 heterocycles. The van der Waals surface area contributed by atoms with Crippen LogP contribution < -0.4 is 27.8 Å². The van der Waals surface area contributed by atoms with E-state index in [1.54, 1.807) is 6.08 Å². The van der Waals surface area contributed by atoms with Crippen LogP contribution in [0.15, 0.2) is 34.9 Å². The molecule has 17 atom stereocenters. The molecule has 0 spiro atoms. The predicted molar refractivity (Wildman–Crippen MR) is 234 cm³/mol. The summed E-state index contributed by atoms with van der Waals surface area (Å²) >= 11 is 0. The van der Waals surface area contributed by atoms with E-state index < -0.39 is 155 Å². The Morgan fingerprint density at radius 3 is 1.83 bits per heavy atom. The first-order valence-electron chi connectivity index (χ1n) is 21.8. The molecule has 394 valence electrons. The number of ether oxygens (including phenoxy) is 7. The second-order valence-corrected chi connectivity index (χ2v) is 18.3. The average Bonchev–Trinajstić information content (AvgIpc) is 3.24. The fourth-order valence-corrected chi connectivity index (χ4v) is 8.23. The number of amides is 4. The van der Waals surface area contributed by atoms with E-state index in [1.165, 1.54) is 11.1 Å². The molecule has 0 aromatic heterocycles. The average molecular weight is 1010 g/mol. The molecular weight excluding hydrogens is 945 g/mol. The van der Waals surface area contributed by atoms with Gasteiger partial charge in [0.2, 0.25) is 17.7 Å². The lowest BCUT2D eigenvalue weighted by Gasteiger charge is -2.50. The van der Waals surface area contributed by atoms with Crippen LogP contribution in [-0.2, 0) is 65.9 Å². The highest BCUT2D eigenvalue weighted by Crippen LogP contribution is 2.48. The van der Waals surface area contributed by atoms with Gasteiger partial charge in [-0.2, -0.15) is 0 Å². The molecule has 15 N–H and O–H groups in total. The van der Waals surface area contributed by atoms with E-state index >= 15 is 0 Å². The first kappa shape index (κ1) is 59.3. The van der Waals surface area contributed by atoms with E-state index in [-0.39, 0.29) is 6.61 Å². The van der Waals surface area contributed by atoms with Crippen LogP contribution in [0, 0.1) is 0 Å². The number of hydrogen-bond acceptors (Lipinski definition) is 21. The molecule has 27 nitrogen and oxygen atoms in total. The molecule has 0 radical (unpaired) electrons. The van der Waals surface area contributed by atoms with Crippen molar-refractivity contribution in [2.45, 2.75) is 165 Å². The van der Waals surface area contributed by atoms with Crippen molar-refractivity contribution in [2.75, 3.05) is 26.4 Å². The minimum atomic E-state index is -5.59. The SMILES string of the molecule is CC(=O)N[C@H]1C(N)[C@H](O)C(CO)O[C@H]1O[C@@H]1C(CO)O[C@@H](OC2[C@H](OP(=O)(O)OC[C@@H](OC/C=C(/C)CC/C=C(\C)CCC=C(C)C)C(=O)O)OC(C(N)=O)C(O)[C@@H]2OC(N)=O)[C@@H](NC(C)=O)C1O. The quantitative estimate of drug-likeness (QED) is 0.0327. The Bertz CT molecular complexity index is 1890. The summed E-state index contributed by atoms with van der Waals surface area (Å²) in [6, 6.07) is -4.47. The van der Waals surface area contributed by atoms with Crippen molar-refractivity contribution in [3.05, 3.63) is 34.9 Å². The number of nitrogens with two attached hydrogens (primary N) is 3. The van der Waals surface area contributed by atoms with Crippen LogP contribution in [0.4, 0.5) is 4.79 Å². The molecule has 28 heteroatoms. The summed E-state index contributed by atoms with van der Waals surface area (Å²) in [6.45, 7) is 6.84. The van der Waals surface area contributed by atoms with E-state index in [1.807, 2.05) is 27.7 Å². The van der Waals surface area contributed by atoms with Gasteiger partial charge >= 0.3 is 19.9 Å². The number of carbonyl (C=O) groups is 5. The lowest BCUT2D eigenvalue weighted by Crippen LogP contribution is -2.71. The zero-order chi connectivity index (χ0) is 51.9. The lowest BCUT2D eigenvalue weighted by atomic mass is 9.93. The minimum Gasteiger partial charge on any atom is -0.479 e. The third-order valence-corrected chi connectivity index (χ3v) is 11.9. The number of aliphatic carboxylic acids is 1. The number of aliphatic hydroxyl groups excluding tert-OH is 5. The van der Waals surface area contributed by atoms with Crippen LogP contribution in [0.2, 0.25) is 0 Å². The fraction of sp³-hybridized carbons (Fsp3) is 0.732. The van der Waals surface area contributed by atoms with Gasteiger partial charge in [-0.15, -0.1) is 0 Å². The Morgan fingerprint density at radius 1 is 0.725 bits per heavy atom. The highest BCUT2D eigenvalue weighted by molar-refractivity contribution is 7.47. The number of rotatable bonds is 25. The van der Waals surface area contributed by atoms with Gasteiger partial charge < -0.3 is 96.5 Å². The number of nitrogens with one attached hydrogen (secondary N) is 2. The normalized spacial score (nSPS) is 33.3. The smallest absolute Gasteiger partial charge is 0.474 e. The summed E-state index contributed by atoms with van der Waals surface area (Å²) in [4.78, 5) is 72.2. The number of phosphoric acid groups is 1. The van der Waals surface area contributed by atoms with Crippen LogP contribution in [0.5, 0.6) is 0 Å². The molecule has 3 fully saturated rings. The van der Waals surface area contributed by atoms with Gasteiger partial charge in [0.15, 0.2) is 43.3 Å². The van der Waals surface area contributed by atoms with Gasteiger partial charge in [0.1, 0.15) is 36.6 Å². The van der Waals surface area contributed by atoms with Crippen molar-refractivity contribution in [1.29, 1.82) is 0 Å². The number of allylic oxidation sites excluding steroid dienone is 5. The number of carbonyl (C=O) groups excluding carboxylic acids is 4. The molecular formula is C41H68N5O22P. The molecule has 8 unspecified atom stereocenters. The van der Waals surface area contributed by atoms with E-state index in [2.05, 4.69) is 22.8 Å². The number of hydrogen-bond donors (Lipinski definition) is 12. The lowest BCUT2D eigenvalue weighted by molar-refractivity contribution is -0.355. The molecule has 3 aliphatic rings. The topological polar surface area (TPSA) is 429 Å². The van der Waals surface area contributed by atoms with Gasteiger partial charge in [-0.25, -0.2) is 14.2 Å². The predicted octanol–water partition coefficient (Wildman–Crippen LogP) is -2.69. The standard InChI is InChI=1S/C41H68N5O22P/c1-18(2)9-7-10-19(3)11-8-12-20(4)13-14-60-25(37(55)56)17-61-69(58,59)68-40-35(33(67-41(44)57)31(53)34(65-40)36(43)54)66-39-28(46-22(6)50)30(52)32(24(16-48)63-39)64-38-27(45-21(5)49)26(42)29(51)23(15-47)62-38/h9,11,13,23-35,38-40,47-48,51-53H,7-8,10,12,14-17,42H2,1-6H3,(H2,43,54)(H2,44,57)(H,45,49)(H,46,50)(H,55,56)(H,58,59)/b19-11+,20-13-/t23?,24?,25-,26?,27+,28+,29-,30?,31?,32-,33+,34?,35?,38+,39+,40+/m1/s1. The molecule has 69 heavy (non-hydrogen) atoms. The molecule has 3 aliphatic heterocycles. The zero-order valence-electron chi connectivity index (χ0n) is 39.1. The van der Waals surface area contributed by atoms with Gasteiger partial charge in [-0.05, 0) is 53.4 Å². The van der Waals surface area contributed by atoms with Crippen molar-refractivity contribution in [3.8, 4) is 0 Å². The van der Waals surface area contributed by atoms with Crippen molar-refractivity contribution in [3.63, 3.8) is 0 Å². The molecule has 0 bridgehead atoms. The number of carboxylic acid groups (broad SMARTS) is 1. The van der Waals surface area contributed by atoms with Crippen LogP contribution in [0.3, 0.4) is 0 Å². The monoisotopic (exact) mass is 1010 g/mol. The van der Waals surface area contributed by atoms with Crippen LogP contribution >= 0.6 is 7.82 Å². The van der Waals surface area contributed by atoms with Gasteiger partial charge in [-0.1, -0.05) is 34.9 Å². The Hall–Kier alpha value is -4.00. The number of primary amides is 2. The summed E-state index contributed by atoms with van der Waals surface area (Å²) in [7, 11) is -5.59. The molecule has 3 saturated heterocycles. The first-order chi connectivity index (χ1) is 32.3. The number of aliphatic hydroxyl groups is 5. The second kappa shape index (κ2) is 27.6. The molecule has 0 aliphatic carbocycles. The molecule has 0 aromatic carbocycles. The highest BCUT2D eigenvalue weighted by Gasteiger charge is 2.57. The Morgan fingerprint density at radius 2 is 1.28 bits per heavy atom. The fourth-order valence-electron chi connectivity index (χ4n) is 7.41. The van der Waals surface area contributed by atoms with Gasteiger partial charge in [0.05, 0.1) is 44.6 Å². The zero-order valence-corrected chi connectivity index (χ0v) is 40.0. The summed E-state index contributed by atoms with van der Waals surface area (Å²) in [5.74, 6) is -4.56.